The first-order chi connectivity index (χ1) is 9.86. The van der Waals surface area contributed by atoms with Gasteiger partial charge in [-0.1, -0.05) is 6.07 Å². The van der Waals surface area contributed by atoms with Crippen LogP contribution in [0.3, 0.4) is 0 Å². The van der Waals surface area contributed by atoms with E-state index in [0.29, 0.717) is 13.2 Å². The van der Waals surface area contributed by atoms with Gasteiger partial charge in [-0.2, -0.15) is 0 Å². The number of ether oxygens (including phenoxy) is 2. The molecular formula is C16H26O4. The van der Waals surface area contributed by atoms with Gasteiger partial charge in [0, 0.05) is 19.3 Å². The predicted molar refractivity (Wildman–Crippen MR) is 79.3 cm³/mol. The Morgan fingerprint density at radius 1 is 0.700 bits per heavy atom. The molecule has 4 nitrogen and oxygen atoms in total. The number of hydrogen-bond acceptors (Lipinski definition) is 4. The molecule has 0 bridgehead atoms. The summed E-state index contributed by atoms with van der Waals surface area (Å²) in [4.78, 5) is 0. The van der Waals surface area contributed by atoms with Crippen molar-refractivity contribution < 1.29 is 19.7 Å². The summed E-state index contributed by atoms with van der Waals surface area (Å²) < 4.78 is 11.3. The molecule has 0 aliphatic rings. The molecule has 0 amide bonds. The third-order valence-corrected chi connectivity index (χ3v) is 2.95. The number of aliphatic hydroxyl groups is 2. The molecule has 0 saturated heterocycles. The first-order valence-electron chi connectivity index (χ1n) is 7.44. The molecule has 0 heterocycles. The molecule has 0 unspecified atom stereocenters. The van der Waals surface area contributed by atoms with Crippen LogP contribution in [0, 0.1) is 0 Å². The maximum Gasteiger partial charge on any atom is 0.122 e. The van der Waals surface area contributed by atoms with Gasteiger partial charge < -0.3 is 19.7 Å². The summed E-state index contributed by atoms with van der Waals surface area (Å²) in [5.74, 6) is 1.64. The van der Waals surface area contributed by atoms with Crippen LogP contribution in [-0.4, -0.2) is 36.6 Å². The lowest BCUT2D eigenvalue weighted by Crippen LogP contribution is -2.00. The van der Waals surface area contributed by atoms with Gasteiger partial charge >= 0.3 is 0 Å². The van der Waals surface area contributed by atoms with Crippen molar-refractivity contribution in [3.05, 3.63) is 24.3 Å². The molecule has 1 aromatic rings. The Morgan fingerprint density at radius 3 is 1.65 bits per heavy atom. The SMILES string of the molecule is OCCCCCOc1cccc(OCCCCCO)c1. The van der Waals surface area contributed by atoms with Crippen molar-refractivity contribution in [1.29, 1.82) is 0 Å². The lowest BCUT2D eigenvalue weighted by molar-refractivity contribution is 0.261. The summed E-state index contributed by atoms with van der Waals surface area (Å²) in [6, 6.07) is 7.67. The Hall–Kier alpha value is -1.26. The normalized spacial score (nSPS) is 10.5. The van der Waals surface area contributed by atoms with E-state index in [9.17, 15) is 0 Å². The minimum Gasteiger partial charge on any atom is -0.493 e. The van der Waals surface area contributed by atoms with Crippen LogP contribution in [0.5, 0.6) is 11.5 Å². The maximum absolute atomic E-state index is 8.68. The van der Waals surface area contributed by atoms with Crippen molar-refractivity contribution in [3.8, 4) is 11.5 Å². The van der Waals surface area contributed by atoms with Crippen LogP contribution in [0.2, 0.25) is 0 Å². The van der Waals surface area contributed by atoms with E-state index in [1.54, 1.807) is 0 Å². The van der Waals surface area contributed by atoms with Crippen molar-refractivity contribution in [2.24, 2.45) is 0 Å². The molecule has 0 aromatic heterocycles. The topological polar surface area (TPSA) is 58.9 Å². The maximum atomic E-state index is 8.68. The third kappa shape index (κ3) is 8.02. The summed E-state index contributed by atoms with van der Waals surface area (Å²) in [7, 11) is 0. The lowest BCUT2D eigenvalue weighted by Gasteiger charge is -2.09. The Kier molecular flexibility index (Phi) is 9.70. The Morgan fingerprint density at radius 2 is 1.20 bits per heavy atom. The number of unbranched alkanes of at least 4 members (excludes halogenated alkanes) is 4. The fraction of sp³-hybridized carbons (Fsp3) is 0.625. The third-order valence-electron chi connectivity index (χ3n) is 2.95. The molecule has 0 fully saturated rings. The molecule has 1 aromatic carbocycles. The van der Waals surface area contributed by atoms with Crippen LogP contribution in [0.25, 0.3) is 0 Å². The largest absolute Gasteiger partial charge is 0.493 e. The van der Waals surface area contributed by atoms with Crippen LogP contribution in [-0.2, 0) is 0 Å². The highest BCUT2D eigenvalue weighted by Gasteiger charge is 1.98. The molecule has 0 radical (unpaired) electrons. The van der Waals surface area contributed by atoms with Crippen LogP contribution in [0.15, 0.2) is 24.3 Å². The van der Waals surface area contributed by atoms with Crippen molar-refractivity contribution >= 4 is 0 Å². The van der Waals surface area contributed by atoms with Gasteiger partial charge in [0.25, 0.3) is 0 Å². The molecule has 0 aliphatic heterocycles. The molecule has 20 heavy (non-hydrogen) atoms. The minimum absolute atomic E-state index is 0.250. The highest BCUT2D eigenvalue weighted by atomic mass is 16.5. The number of rotatable bonds is 12. The zero-order chi connectivity index (χ0) is 14.5. The summed E-state index contributed by atoms with van der Waals surface area (Å²) in [5, 5.41) is 17.4. The van der Waals surface area contributed by atoms with Crippen molar-refractivity contribution in [2.75, 3.05) is 26.4 Å². The molecule has 4 heteroatoms. The fourth-order valence-corrected chi connectivity index (χ4v) is 1.82. The van der Waals surface area contributed by atoms with E-state index in [1.165, 1.54) is 0 Å². The Bertz CT molecular complexity index is 312. The second kappa shape index (κ2) is 11.6. The van der Waals surface area contributed by atoms with E-state index >= 15 is 0 Å². The lowest BCUT2D eigenvalue weighted by atomic mass is 10.2. The molecule has 1 rings (SSSR count). The zero-order valence-corrected chi connectivity index (χ0v) is 12.1. The smallest absolute Gasteiger partial charge is 0.122 e. The highest BCUT2D eigenvalue weighted by molar-refractivity contribution is 5.32. The molecule has 0 spiro atoms. The average Bonchev–Trinajstić information content (AvgIpc) is 2.47. The zero-order valence-electron chi connectivity index (χ0n) is 12.1. The molecule has 0 atom stereocenters. The molecule has 2 N–H and O–H groups in total. The van der Waals surface area contributed by atoms with Gasteiger partial charge in [-0.15, -0.1) is 0 Å². The van der Waals surface area contributed by atoms with Crippen LogP contribution in [0.1, 0.15) is 38.5 Å². The standard InChI is InChI=1S/C16H26O4/c17-10-3-1-5-12-19-15-8-7-9-16(14-15)20-13-6-2-4-11-18/h7-9,14,17-18H,1-6,10-13H2. The van der Waals surface area contributed by atoms with E-state index in [2.05, 4.69) is 0 Å². The van der Waals surface area contributed by atoms with E-state index < -0.39 is 0 Å². The number of benzene rings is 1. The average molecular weight is 282 g/mol. The van der Waals surface area contributed by atoms with Crippen molar-refractivity contribution in [2.45, 2.75) is 38.5 Å². The number of aliphatic hydroxyl groups excluding tert-OH is 2. The Balaban J connectivity index is 2.19. The summed E-state index contributed by atoms with van der Waals surface area (Å²) in [6.07, 6.45) is 5.54. The van der Waals surface area contributed by atoms with Gasteiger partial charge in [0.05, 0.1) is 13.2 Å². The van der Waals surface area contributed by atoms with Gasteiger partial charge in [-0.05, 0) is 50.7 Å². The van der Waals surface area contributed by atoms with Gasteiger partial charge in [0.1, 0.15) is 11.5 Å². The van der Waals surface area contributed by atoms with Gasteiger partial charge in [-0.3, -0.25) is 0 Å². The highest BCUT2D eigenvalue weighted by Crippen LogP contribution is 2.20. The van der Waals surface area contributed by atoms with Crippen LogP contribution in [0.4, 0.5) is 0 Å². The van der Waals surface area contributed by atoms with Gasteiger partial charge in [-0.25, -0.2) is 0 Å². The molecule has 0 saturated carbocycles. The first kappa shape index (κ1) is 16.8. The fourth-order valence-electron chi connectivity index (χ4n) is 1.82. The van der Waals surface area contributed by atoms with E-state index in [-0.39, 0.29) is 13.2 Å². The van der Waals surface area contributed by atoms with E-state index in [1.807, 2.05) is 24.3 Å². The molecular weight excluding hydrogens is 256 g/mol. The first-order valence-corrected chi connectivity index (χ1v) is 7.44. The van der Waals surface area contributed by atoms with Gasteiger partial charge in [0.2, 0.25) is 0 Å². The predicted octanol–water partition coefficient (Wildman–Crippen LogP) is 2.77. The molecule has 0 aliphatic carbocycles. The summed E-state index contributed by atoms with van der Waals surface area (Å²) >= 11 is 0. The Labute approximate surface area is 121 Å². The summed E-state index contributed by atoms with van der Waals surface area (Å²) in [6.45, 7) is 1.83. The second-order valence-electron chi connectivity index (χ2n) is 4.74. The quantitative estimate of drug-likeness (QED) is 0.579. The summed E-state index contributed by atoms with van der Waals surface area (Å²) in [5.41, 5.74) is 0. The van der Waals surface area contributed by atoms with E-state index in [0.717, 1.165) is 50.0 Å². The minimum atomic E-state index is 0.250. The van der Waals surface area contributed by atoms with Crippen LogP contribution < -0.4 is 9.47 Å². The number of hydrogen-bond donors (Lipinski definition) is 2. The van der Waals surface area contributed by atoms with E-state index in [4.69, 9.17) is 19.7 Å². The van der Waals surface area contributed by atoms with Gasteiger partial charge in [0.15, 0.2) is 0 Å². The van der Waals surface area contributed by atoms with Crippen molar-refractivity contribution in [1.82, 2.24) is 0 Å². The van der Waals surface area contributed by atoms with Crippen molar-refractivity contribution in [3.63, 3.8) is 0 Å². The molecule has 114 valence electrons. The monoisotopic (exact) mass is 282 g/mol. The van der Waals surface area contributed by atoms with Crippen LogP contribution >= 0.6 is 0 Å². The second-order valence-corrected chi connectivity index (χ2v) is 4.74.